The summed E-state index contributed by atoms with van der Waals surface area (Å²) >= 11 is 3.29. The molecule has 2 rings (SSSR count). The number of hydrogen-bond donors (Lipinski definition) is 1. The van der Waals surface area contributed by atoms with Gasteiger partial charge in [0.2, 0.25) is 0 Å². The topological polar surface area (TPSA) is 90.7 Å². The van der Waals surface area contributed by atoms with Gasteiger partial charge in [0, 0.05) is 16.2 Å². The molecule has 8 heteroatoms. The van der Waals surface area contributed by atoms with Gasteiger partial charge < -0.3 is 14.8 Å². The Bertz CT molecular complexity index is 764. The van der Waals surface area contributed by atoms with Crippen LogP contribution in [0, 0.1) is 10.1 Å². The number of methoxy groups -OCH3 is 2. The average molecular weight is 381 g/mol. The third-order valence-electron chi connectivity index (χ3n) is 3.04. The SMILES string of the molecule is COc1ccc(Br)cc1C(=O)Nc1ccc(OC)c([N+](=O)[O-])c1. The summed E-state index contributed by atoms with van der Waals surface area (Å²) in [5, 5.41) is 13.6. The molecule has 0 aromatic heterocycles. The molecular weight excluding hydrogens is 368 g/mol. The number of hydrogen-bond acceptors (Lipinski definition) is 5. The van der Waals surface area contributed by atoms with Crippen molar-refractivity contribution in [1.82, 2.24) is 0 Å². The molecule has 0 unspecified atom stereocenters. The van der Waals surface area contributed by atoms with E-state index >= 15 is 0 Å². The molecule has 0 saturated carbocycles. The van der Waals surface area contributed by atoms with E-state index in [1.807, 2.05) is 0 Å². The summed E-state index contributed by atoms with van der Waals surface area (Å²) in [5.74, 6) is 0.0735. The highest BCUT2D eigenvalue weighted by Crippen LogP contribution is 2.30. The molecule has 0 bridgehead atoms. The molecule has 0 aliphatic heterocycles. The van der Waals surface area contributed by atoms with Crippen LogP contribution in [0.3, 0.4) is 0 Å². The largest absolute Gasteiger partial charge is 0.496 e. The van der Waals surface area contributed by atoms with Gasteiger partial charge in [-0.25, -0.2) is 0 Å². The number of benzene rings is 2. The molecule has 0 saturated heterocycles. The van der Waals surface area contributed by atoms with Gasteiger partial charge in [0.15, 0.2) is 5.75 Å². The monoisotopic (exact) mass is 380 g/mol. The van der Waals surface area contributed by atoms with Crippen molar-refractivity contribution in [3.63, 3.8) is 0 Å². The van der Waals surface area contributed by atoms with Gasteiger partial charge in [-0.05, 0) is 30.3 Å². The molecule has 23 heavy (non-hydrogen) atoms. The first-order valence-electron chi connectivity index (χ1n) is 6.43. The Morgan fingerprint density at radius 3 is 2.39 bits per heavy atom. The van der Waals surface area contributed by atoms with E-state index < -0.39 is 10.8 Å². The zero-order valence-electron chi connectivity index (χ0n) is 12.3. The van der Waals surface area contributed by atoms with Gasteiger partial charge in [-0.2, -0.15) is 0 Å². The first-order valence-corrected chi connectivity index (χ1v) is 7.23. The van der Waals surface area contributed by atoms with Gasteiger partial charge in [0.05, 0.1) is 24.7 Å². The number of rotatable bonds is 5. The predicted molar refractivity (Wildman–Crippen MR) is 88.3 cm³/mol. The Kier molecular flexibility index (Phi) is 5.17. The van der Waals surface area contributed by atoms with Crippen molar-refractivity contribution in [3.8, 4) is 11.5 Å². The van der Waals surface area contributed by atoms with Crippen molar-refractivity contribution in [1.29, 1.82) is 0 Å². The van der Waals surface area contributed by atoms with E-state index in [-0.39, 0.29) is 17.1 Å². The lowest BCUT2D eigenvalue weighted by Crippen LogP contribution is -2.13. The lowest BCUT2D eigenvalue weighted by molar-refractivity contribution is -0.385. The summed E-state index contributed by atoms with van der Waals surface area (Å²) in [6, 6.07) is 9.18. The maximum atomic E-state index is 12.4. The van der Waals surface area contributed by atoms with E-state index in [2.05, 4.69) is 21.2 Å². The first-order chi connectivity index (χ1) is 11.0. The molecule has 0 atom stereocenters. The minimum absolute atomic E-state index is 0.119. The predicted octanol–water partition coefficient (Wildman–Crippen LogP) is 3.63. The van der Waals surface area contributed by atoms with Gasteiger partial charge in [-0.1, -0.05) is 15.9 Å². The fourth-order valence-corrected chi connectivity index (χ4v) is 2.33. The number of nitro groups is 1. The lowest BCUT2D eigenvalue weighted by atomic mass is 10.1. The zero-order chi connectivity index (χ0) is 17.0. The molecule has 7 nitrogen and oxygen atoms in total. The normalized spacial score (nSPS) is 10.0. The molecule has 1 N–H and O–H groups in total. The Balaban J connectivity index is 2.32. The van der Waals surface area contributed by atoms with Crippen LogP contribution in [0.5, 0.6) is 11.5 Å². The summed E-state index contributed by atoms with van der Waals surface area (Å²) in [6.07, 6.45) is 0. The van der Waals surface area contributed by atoms with E-state index in [1.54, 1.807) is 18.2 Å². The minimum atomic E-state index is -0.575. The van der Waals surface area contributed by atoms with Gasteiger partial charge in [-0.3, -0.25) is 14.9 Å². The quantitative estimate of drug-likeness (QED) is 0.631. The maximum absolute atomic E-state index is 12.4. The maximum Gasteiger partial charge on any atom is 0.312 e. The summed E-state index contributed by atoms with van der Waals surface area (Å²) < 4.78 is 10.8. The molecule has 0 radical (unpaired) electrons. The number of amides is 1. The second-order valence-corrected chi connectivity index (χ2v) is 5.36. The Labute approximate surface area is 140 Å². The van der Waals surface area contributed by atoms with E-state index in [4.69, 9.17) is 9.47 Å². The van der Waals surface area contributed by atoms with Crippen molar-refractivity contribution in [2.24, 2.45) is 0 Å². The second kappa shape index (κ2) is 7.10. The Hall–Kier alpha value is -2.61. The van der Waals surface area contributed by atoms with Gasteiger partial charge in [0.1, 0.15) is 5.75 Å². The number of carbonyl (C=O) groups is 1. The van der Waals surface area contributed by atoms with E-state index in [0.29, 0.717) is 15.8 Å². The second-order valence-electron chi connectivity index (χ2n) is 4.44. The van der Waals surface area contributed by atoms with Crippen LogP contribution in [0.2, 0.25) is 0 Å². The summed E-state index contributed by atoms with van der Waals surface area (Å²) in [6.45, 7) is 0. The number of carbonyl (C=O) groups excluding carboxylic acids is 1. The molecule has 120 valence electrons. The van der Waals surface area contributed by atoms with Crippen molar-refractivity contribution < 1.29 is 19.2 Å². The van der Waals surface area contributed by atoms with Gasteiger partial charge >= 0.3 is 5.69 Å². The summed E-state index contributed by atoms with van der Waals surface area (Å²) in [4.78, 5) is 22.8. The average Bonchev–Trinajstić information content (AvgIpc) is 2.54. The van der Waals surface area contributed by atoms with Gasteiger partial charge in [0.25, 0.3) is 5.91 Å². The highest BCUT2D eigenvalue weighted by Gasteiger charge is 2.18. The fraction of sp³-hybridized carbons (Fsp3) is 0.133. The molecule has 0 heterocycles. The fourth-order valence-electron chi connectivity index (χ4n) is 1.97. The lowest BCUT2D eigenvalue weighted by Gasteiger charge is -2.10. The third-order valence-corrected chi connectivity index (χ3v) is 3.53. The van der Waals surface area contributed by atoms with Gasteiger partial charge in [-0.15, -0.1) is 0 Å². The number of nitro benzene ring substituents is 1. The van der Waals surface area contributed by atoms with Crippen LogP contribution in [0.25, 0.3) is 0 Å². The molecule has 1 amide bonds. The number of nitrogens with one attached hydrogen (secondary N) is 1. The number of anilines is 1. The van der Waals surface area contributed by atoms with Crippen LogP contribution in [0.4, 0.5) is 11.4 Å². The van der Waals surface area contributed by atoms with Crippen molar-refractivity contribution in [3.05, 3.63) is 56.5 Å². The van der Waals surface area contributed by atoms with E-state index in [9.17, 15) is 14.9 Å². The van der Waals surface area contributed by atoms with Crippen molar-refractivity contribution in [2.45, 2.75) is 0 Å². The van der Waals surface area contributed by atoms with Crippen molar-refractivity contribution in [2.75, 3.05) is 19.5 Å². The molecule has 0 aliphatic carbocycles. The number of nitrogens with zero attached hydrogens (tertiary/aromatic N) is 1. The molecular formula is C15H13BrN2O5. The van der Waals surface area contributed by atoms with Crippen LogP contribution in [-0.2, 0) is 0 Å². The van der Waals surface area contributed by atoms with E-state index in [0.717, 1.165) is 0 Å². The highest BCUT2D eigenvalue weighted by molar-refractivity contribution is 9.10. The van der Waals surface area contributed by atoms with Crippen molar-refractivity contribution >= 4 is 33.2 Å². The summed E-state index contributed by atoms with van der Waals surface area (Å²) in [5.41, 5.74) is 0.358. The van der Waals surface area contributed by atoms with Crippen LogP contribution in [0.15, 0.2) is 40.9 Å². The molecule has 0 aliphatic rings. The van der Waals surface area contributed by atoms with Crippen LogP contribution < -0.4 is 14.8 Å². The van der Waals surface area contributed by atoms with Crippen LogP contribution in [-0.4, -0.2) is 25.1 Å². The molecule has 2 aromatic carbocycles. The Morgan fingerprint density at radius 1 is 1.13 bits per heavy atom. The first kappa shape index (κ1) is 16.8. The minimum Gasteiger partial charge on any atom is -0.496 e. The molecule has 2 aromatic rings. The van der Waals surface area contributed by atoms with Crippen LogP contribution in [0.1, 0.15) is 10.4 Å². The number of ether oxygens (including phenoxy) is 2. The zero-order valence-corrected chi connectivity index (χ0v) is 13.9. The standard InChI is InChI=1S/C15H13BrN2O5/c1-22-13-5-3-9(16)7-11(13)15(19)17-10-4-6-14(23-2)12(8-10)18(20)21/h3-8H,1-2H3,(H,17,19). The van der Waals surface area contributed by atoms with E-state index in [1.165, 1.54) is 32.4 Å². The number of halogens is 1. The van der Waals surface area contributed by atoms with Crippen LogP contribution >= 0.6 is 15.9 Å². The summed E-state index contributed by atoms with van der Waals surface area (Å²) in [7, 11) is 2.80. The third kappa shape index (κ3) is 3.78. The highest BCUT2D eigenvalue weighted by atomic mass is 79.9. The molecule has 0 spiro atoms. The Morgan fingerprint density at radius 2 is 1.78 bits per heavy atom. The molecule has 0 fully saturated rings. The smallest absolute Gasteiger partial charge is 0.312 e.